The van der Waals surface area contributed by atoms with Crippen molar-refractivity contribution < 1.29 is 18.5 Å². The van der Waals surface area contributed by atoms with Gasteiger partial charge < -0.3 is 4.89 Å². The molecule has 1 heterocycles. The van der Waals surface area contributed by atoms with Gasteiger partial charge in [0.05, 0.1) is 12.2 Å². The lowest BCUT2D eigenvalue weighted by Gasteiger charge is -2.05. The second-order valence-corrected chi connectivity index (χ2v) is 3.69. The van der Waals surface area contributed by atoms with E-state index in [-0.39, 0.29) is 12.2 Å². The quantitative estimate of drug-likeness (QED) is 0.596. The van der Waals surface area contributed by atoms with Gasteiger partial charge in [-0.05, 0) is 13.3 Å². The summed E-state index contributed by atoms with van der Waals surface area (Å²) in [7, 11) is -3.67. The molecule has 0 radical (unpaired) electrons. The Morgan fingerprint density at radius 1 is 1.60 bits per heavy atom. The van der Waals surface area contributed by atoms with Gasteiger partial charge in [-0.15, -0.1) is 0 Å². The van der Waals surface area contributed by atoms with Gasteiger partial charge in [0.2, 0.25) is 0 Å². The van der Waals surface area contributed by atoms with Crippen LogP contribution < -0.4 is 0 Å². The zero-order chi connectivity index (χ0) is 7.78. The first-order chi connectivity index (χ1) is 4.55. The van der Waals surface area contributed by atoms with Crippen LogP contribution in [0.2, 0.25) is 0 Å². The Labute approximate surface area is 59.8 Å². The molecule has 1 fully saturated rings. The van der Waals surface area contributed by atoms with E-state index in [1.165, 1.54) is 0 Å². The molecule has 0 aromatic rings. The molecule has 60 valence electrons. The molecule has 10 heavy (non-hydrogen) atoms. The second-order valence-electron chi connectivity index (χ2n) is 2.33. The van der Waals surface area contributed by atoms with E-state index in [1.54, 1.807) is 6.92 Å². The highest BCUT2D eigenvalue weighted by molar-refractivity contribution is 7.47. The van der Waals surface area contributed by atoms with Crippen LogP contribution in [0.1, 0.15) is 20.3 Å². The Morgan fingerprint density at radius 3 is 2.40 bits per heavy atom. The summed E-state index contributed by atoms with van der Waals surface area (Å²) in [6.45, 7) is 3.61. The first-order valence-corrected chi connectivity index (χ1v) is 4.74. The maximum Gasteiger partial charge on any atom is 0.472 e. The molecule has 1 rings (SSSR count). The predicted octanol–water partition coefficient (Wildman–Crippen LogP) is 1.30. The summed E-state index contributed by atoms with van der Waals surface area (Å²) in [5.74, 6) is 0. The molecule has 1 N–H and O–H groups in total. The normalized spacial score (nSPS) is 47.9. The molecular formula is C5H11O4P. The van der Waals surface area contributed by atoms with Crippen LogP contribution in [0.15, 0.2) is 0 Å². The average molecular weight is 166 g/mol. The number of hydrogen-bond donors (Lipinski definition) is 1. The van der Waals surface area contributed by atoms with Crippen LogP contribution in [0.5, 0.6) is 0 Å². The van der Waals surface area contributed by atoms with Crippen molar-refractivity contribution in [1.82, 2.24) is 0 Å². The van der Waals surface area contributed by atoms with Crippen molar-refractivity contribution >= 4 is 7.82 Å². The van der Waals surface area contributed by atoms with E-state index in [2.05, 4.69) is 4.52 Å². The molecule has 1 saturated heterocycles. The van der Waals surface area contributed by atoms with E-state index in [0.717, 1.165) is 0 Å². The van der Waals surface area contributed by atoms with Gasteiger partial charge in [0, 0.05) is 0 Å². The fourth-order valence-corrected chi connectivity index (χ4v) is 2.23. The molecule has 1 aliphatic heterocycles. The predicted molar refractivity (Wildman–Crippen MR) is 35.5 cm³/mol. The molecule has 3 unspecified atom stereocenters. The Kier molecular flexibility index (Phi) is 2.15. The summed E-state index contributed by atoms with van der Waals surface area (Å²) in [4.78, 5) is 8.78. The smallest absolute Gasteiger partial charge is 0.302 e. The van der Waals surface area contributed by atoms with Crippen LogP contribution in [-0.4, -0.2) is 17.1 Å². The Hall–Kier alpha value is 0.110. The standard InChI is InChI=1S/C5H11O4P/c1-3-5-4(2)8-10(6,7)9-5/h4-5H,3H2,1-2H3,(H,6,7). The zero-order valence-electron chi connectivity index (χ0n) is 5.98. The Bertz CT molecular complexity index is 169. The highest BCUT2D eigenvalue weighted by Crippen LogP contribution is 2.52. The molecule has 0 spiro atoms. The summed E-state index contributed by atoms with van der Waals surface area (Å²) < 4.78 is 20.0. The lowest BCUT2D eigenvalue weighted by molar-refractivity contribution is 0.166. The molecule has 0 amide bonds. The van der Waals surface area contributed by atoms with E-state index < -0.39 is 7.82 Å². The van der Waals surface area contributed by atoms with Crippen LogP contribution in [0.3, 0.4) is 0 Å². The monoisotopic (exact) mass is 166 g/mol. The molecule has 0 aromatic carbocycles. The minimum absolute atomic E-state index is 0.226. The molecule has 0 aliphatic carbocycles. The van der Waals surface area contributed by atoms with Gasteiger partial charge in [-0.2, -0.15) is 0 Å². The highest BCUT2D eigenvalue weighted by atomic mass is 31.2. The molecule has 4 nitrogen and oxygen atoms in total. The largest absolute Gasteiger partial charge is 0.472 e. The lowest BCUT2D eigenvalue weighted by Crippen LogP contribution is -2.17. The molecular weight excluding hydrogens is 155 g/mol. The number of hydrogen-bond acceptors (Lipinski definition) is 3. The van der Waals surface area contributed by atoms with Gasteiger partial charge in [0.1, 0.15) is 0 Å². The molecule has 5 heteroatoms. The zero-order valence-corrected chi connectivity index (χ0v) is 6.88. The van der Waals surface area contributed by atoms with Crippen LogP contribution in [0.25, 0.3) is 0 Å². The summed E-state index contributed by atoms with van der Waals surface area (Å²) >= 11 is 0. The molecule has 0 saturated carbocycles. The van der Waals surface area contributed by atoms with Crippen LogP contribution in [-0.2, 0) is 13.6 Å². The van der Waals surface area contributed by atoms with Crippen LogP contribution in [0.4, 0.5) is 0 Å². The Morgan fingerprint density at radius 2 is 2.20 bits per heavy atom. The van der Waals surface area contributed by atoms with Crippen LogP contribution in [0, 0.1) is 0 Å². The van der Waals surface area contributed by atoms with E-state index in [4.69, 9.17) is 9.42 Å². The lowest BCUT2D eigenvalue weighted by atomic mass is 10.2. The van der Waals surface area contributed by atoms with Gasteiger partial charge in [0.15, 0.2) is 0 Å². The summed E-state index contributed by atoms with van der Waals surface area (Å²) in [6.07, 6.45) is 0.211. The number of phosphoric acid groups is 1. The summed E-state index contributed by atoms with van der Waals surface area (Å²) in [5, 5.41) is 0. The first kappa shape index (κ1) is 8.21. The third kappa shape index (κ3) is 1.58. The van der Waals surface area contributed by atoms with Gasteiger partial charge >= 0.3 is 7.82 Å². The van der Waals surface area contributed by atoms with Crippen molar-refractivity contribution in [3.8, 4) is 0 Å². The van der Waals surface area contributed by atoms with Crippen molar-refractivity contribution in [2.45, 2.75) is 32.5 Å². The topological polar surface area (TPSA) is 55.8 Å². The van der Waals surface area contributed by atoms with Crippen molar-refractivity contribution in [1.29, 1.82) is 0 Å². The van der Waals surface area contributed by atoms with E-state index >= 15 is 0 Å². The van der Waals surface area contributed by atoms with E-state index in [1.807, 2.05) is 6.92 Å². The van der Waals surface area contributed by atoms with Crippen LogP contribution >= 0.6 is 7.82 Å². The van der Waals surface area contributed by atoms with Gasteiger partial charge in [-0.3, -0.25) is 9.05 Å². The molecule has 3 atom stereocenters. The third-order valence-corrected chi connectivity index (χ3v) is 2.63. The van der Waals surface area contributed by atoms with Gasteiger partial charge in [-0.25, -0.2) is 4.57 Å². The highest BCUT2D eigenvalue weighted by Gasteiger charge is 2.39. The first-order valence-electron chi connectivity index (χ1n) is 3.25. The molecule has 0 aromatic heterocycles. The Balaban J connectivity index is 2.61. The van der Waals surface area contributed by atoms with Crippen molar-refractivity contribution in [3.63, 3.8) is 0 Å². The summed E-state index contributed by atoms with van der Waals surface area (Å²) in [5.41, 5.74) is 0. The average Bonchev–Trinajstić information content (AvgIpc) is 2.05. The summed E-state index contributed by atoms with van der Waals surface area (Å²) in [6, 6.07) is 0. The van der Waals surface area contributed by atoms with Gasteiger partial charge in [-0.1, -0.05) is 6.92 Å². The minimum Gasteiger partial charge on any atom is -0.302 e. The minimum atomic E-state index is -3.67. The van der Waals surface area contributed by atoms with Crippen molar-refractivity contribution in [3.05, 3.63) is 0 Å². The number of phosphoric ester groups is 1. The molecule has 1 aliphatic rings. The SMILES string of the molecule is CCC1OP(=O)(O)OC1C. The maximum absolute atomic E-state index is 10.7. The van der Waals surface area contributed by atoms with Gasteiger partial charge in [0.25, 0.3) is 0 Å². The fraction of sp³-hybridized carbons (Fsp3) is 1.00. The van der Waals surface area contributed by atoms with Crippen molar-refractivity contribution in [2.75, 3.05) is 0 Å². The van der Waals surface area contributed by atoms with E-state index in [9.17, 15) is 4.57 Å². The molecule has 0 bridgehead atoms. The van der Waals surface area contributed by atoms with E-state index in [0.29, 0.717) is 6.42 Å². The fourth-order valence-electron chi connectivity index (χ4n) is 0.966. The second kappa shape index (κ2) is 2.62. The van der Waals surface area contributed by atoms with Crippen molar-refractivity contribution in [2.24, 2.45) is 0 Å². The third-order valence-electron chi connectivity index (χ3n) is 1.49. The maximum atomic E-state index is 10.7. The number of rotatable bonds is 1.